The zero-order valence-corrected chi connectivity index (χ0v) is 13.7. The third-order valence-electron chi connectivity index (χ3n) is 3.97. The second-order valence-corrected chi connectivity index (χ2v) is 6.47. The molecule has 1 aliphatic heterocycles. The van der Waals surface area contributed by atoms with Gasteiger partial charge in [0.1, 0.15) is 0 Å². The summed E-state index contributed by atoms with van der Waals surface area (Å²) in [4.78, 5) is 19.2. The Labute approximate surface area is 135 Å². The Morgan fingerprint density at radius 3 is 2.86 bits per heavy atom. The number of rotatable bonds is 5. The van der Waals surface area contributed by atoms with Gasteiger partial charge in [0.05, 0.1) is 5.69 Å². The van der Waals surface area contributed by atoms with Crippen LogP contribution < -0.4 is 10.2 Å². The van der Waals surface area contributed by atoms with Crippen molar-refractivity contribution in [2.75, 3.05) is 24.5 Å². The van der Waals surface area contributed by atoms with Crippen LogP contribution in [-0.2, 0) is 6.42 Å². The van der Waals surface area contributed by atoms with Crippen molar-refractivity contribution < 1.29 is 4.79 Å². The summed E-state index contributed by atoms with van der Waals surface area (Å²) in [6.45, 7) is 4.82. The smallest absolute Gasteiger partial charge is 0.251 e. The number of thiazole rings is 1. The molecule has 3 rings (SSSR count). The molecule has 2 heterocycles. The Bertz CT molecular complexity index is 647. The Morgan fingerprint density at radius 2 is 2.09 bits per heavy atom. The molecule has 1 N–H and O–H groups in total. The normalized spacial score (nSPS) is 14.3. The largest absolute Gasteiger partial charge is 0.352 e. The minimum atomic E-state index is -0.00639. The van der Waals surface area contributed by atoms with Crippen molar-refractivity contribution in [2.24, 2.45) is 0 Å². The monoisotopic (exact) mass is 315 g/mol. The fraction of sp³-hybridized carbons (Fsp3) is 0.412. The molecule has 1 saturated heterocycles. The van der Waals surface area contributed by atoms with Crippen molar-refractivity contribution in [1.29, 1.82) is 0 Å². The van der Waals surface area contributed by atoms with Crippen LogP contribution >= 0.6 is 11.3 Å². The molecular formula is C17H21N3OS. The average molecular weight is 315 g/mol. The van der Waals surface area contributed by atoms with E-state index in [1.807, 2.05) is 31.2 Å². The van der Waals surface area contributed by atoms with Gasteiger partial charge in [0.2, 0.25) is 0 Å². The van der Waals surface area contributed by atoms with Gasteiger partial charge in [0, 0.05) is 37.0 Å². The summed E-state index contributed by atoms with van der Waals surface area (Å²) in [5.74, 6) is -0.00639. The summed E-state index contributed by atoms with van der Waals surface area (Å²) in [5.41, 5.74) is 2.82. The third-order valence-corrected chi connectivity index (χ3v) is 4.92. The van der Waals surface area contributed by atoms with Gasteiger partial charge in [0.15, 0.2) is 5.13 Å². The molecule has 0 atom stereocenters. The second-order valence-electron chi connectivity index (χ2n) is 5.64. The first-order valence-corrected chi connectivity index (χ1v) is 8.65. The topological polar surface area (TPSA) is 45.2 Å². The molecule has 2 aromatic rings. The number of carbonyl (C=O) groups is 1. The van der Waals surface area contributed by atoms with E-state index >= 15 is 0 Å². The number of nitrogens with zero attached hydrogens (tertiary/aromatic N) is 2. The molecule has 1 amide bonds. The molecule has 0 radical (unpaired) electrons. The quantitative estimate of drug-likeness (QED) is 0.922. The van der Waals surface area contributed by atoms with Gasteiger partial charge < -0.3 is 10.2 Å². The highest BCUT2D eigenvalue weighted by atomic mass is 32.1. The van der Waals surface area contributed by atoms with Crippen molar-refractivity contribution in [3.05, 3.63) is 46.5 Å². The van der Waals surface area contributed by atoms with Crippen LogP contribution in [0.2, 0.25) is 0 Å². The summed E-state index contributed by atoms with van der Waals surface area (Å²) >= 11 is 1.71. The van der Waals surface area contributed by atoms with Crippen molar-refractivity contribution >= 4 is 22.4 Å². The van der Waals surface area contributed by atoms with Crippen LogP contribution in [0.25, 0.3) is 0 Å². The lowest BCUT2D eigenvalue weighted by molar-refractivity contribution is 0.0953. The van der Waals surface area contributed by atoms with Crippen LogP contribution in [0.1, 0.15) is 34.5 Å². The van der Waals surface area contributed by atoms with E-state index in [4.69, 9.17) is 0 Å². The molecule has 1 aromatic heterocycles. The highest BCUT2D eigenvalue weighted by Crippen LogP contribution is 2.24. The predicted molar refractivity (Wildman–Crippen MR) is 90.8 cm³/mol. The lowest BCUT2D eigenvalue weighted by Gasteiger charge is -2.12. The van der Waals surface area contributed by atoms with Crippen LogP contribution in [0.15, 0.2) is 29.6 Å². The van der Waals surface area contributed by atoms with Crippen molar-refractivity contribution in [2.45, 2.75) is 26.2 Å². The molecule has 0 saturated carbocycles. The maximum atomic E-state index is 12.1. The van der Waals surface area contributed by atoms with E-state index in [0.29, 0.717) is 6.54 Å². The highest BCUT2D eigenvalue weighted by Gasteiger charge is 2.15. The summed E-state index contributed by atoms with van der Waals surface area (Å²) < 4.78 is 0. The van der Waals surface area contributed by atoms with Crippen LogP contribution in [0.4, 0.5) is 5.13 Å². The van der Waals surface area contributed by atoms with Gasteiger partial charge >= 0.3 is 0 Å². The fourth-order valence-electron chi connectivity index (χ4n) is 2.69. The third kappa shape index (κ3) is 3.47. The zero-order valence-electron chi connectivity index (χ0n) is 12.8. The molecule has 22 heavy (non-hydrogen) atoms. The SMILES string of the molecule is Cc1ccccc1C(=O)NCCc1csc(N2CCCC2)n1. The standard InChI is InChI=1S/C17H21N3OS/c1-13-6-2-3-7-15(13)16(21)18-9-8-14-12-22-17(19-14)20-10-4-5-11-20/h2-3,6-7,12H,4-5,8-11H2,1H3,(H,18,21). The molecular weight excluding hydrogens is 294 g/mol. The van der Waals surface area contributed by atoms with Crippen molar-refractivity contribution in [3.8, 4) is 0 Å². The van der Waals surface area contributed by atoms with E-state index in [0.717, 1.165) is 41.5 Å². The van der Waals surface area contributed by atoms with Gasteiger partial charge in [-0.3, -0.25) is 4.79 Å². The molecule has 1 aliphatic rings. The minimum absolute atomic E-state index is 0.00639. The maximum absolute atomic E-state index is 12.1. The van der Waals surface area contributed by atoms with Crippen LogP contribution in [0.5, 0.6) is 0 Å². The Morgan fingerprint density at radius 1 is 1.32 bits per heavy atom. The highest BCUT2D eigenvalue weighted by molar-refractivity contribution is 7.13. The first-order valence-electron chi connectivity index (χ1n) is 7.77. The van der Waals surface area contributed by atoms with E-state index in [1.165, 1.54) is 12.8 Å². The minimum Gasteiger partial charge on any atom is -0.352 e. The summed E-state index contributed by atoms with van der Waals surface area (Å²) in [7, 11) is 0. The molecule has 5 heteroatoms. The van der Waals surface area contributed by atoms with Crippen LogP contribution in [-0.4, -0.2) is 30.5 Å². The number of hydrogen-bond donors (Lipinski definition) is 1. The van der Waals surface area contributed by atoms with Gasteiger partial charge in [-0.25, -0.2) is 4.98 Å². The van der Waals surface area contributed by atoms with Gasteiger partial charge in [-0.2, -0.15) is 0 Å². The summed E-state index contributed by atoms with van der Waals surface area (Å²) in [5, 5.41) is 6.21. The van der Waals surface area contributed by atoms with Crippen molar-refractivity contribution in [1.82, 2.24) is 10.3 Å². The first-order chi connectivity index (χ1) is 10.7. The molecule has 0 unspecified atom stereocenters. The molecule has 116 valence electrons. The molecule has 0 aliphatic carbocycles. The Kier molecular flexibility index (Phi) is 4.73. The van der Waals surface area contributed by atoms with E-state index in [9.17, 15) is 4.79 Å². The predicted octanol–water partition coefficient (Wildman–Crippen LogP) is 3.02. The lowest BCUT2D eigenvalue weighted by atomic mass is 10.1. The maximum Gasteiger partial charge on any atom is 0.251 e. The molecule has 1 aromatic carbocycles. The number of aromatic nitrogens is 1. The zero-order chi connectivity index (χ0) is 15.4. The fourth-order valence-corrected chi connectivity index (χ4v) is 3.61. The van der Waals surface area contributed by atoms with Gasteiger partial charge in [0.25, 0.3) is 5.91 Å². The number of hydrogen-bond acceptors (Lipinski definition) is 4. The van der Waals surface area contributed by atoms with E-state index in [2.05, 4.69) is 20.6 Å². The second kappa shape index (κ2) is 6.92. The van der Waals surface area contributed by atoms with Crippen LogP contribution in [0, 0.1) is 6.92 Å². The van der Waals surface area contributed by atoms with E-state index in [1.54, 1.807) is 11.3 Å². The van der Waals surface area contributed by atoms with E-state index in [-0.39, 0.29) is 5.91 Å². The molecule has 0 bridgehead atoms. The first kappa shape index (κ1) is 15.0. The van der Waals surface area contributed by atoms with Crippen LogP contribution in [0.3, 0.4) is 0 Å². The number of benzene rings is 1. The van der Waals surface area contributed by atoms with Crippen molar-refractivity contribution in [3.63, 3.8) is 0 Å². The number of aryl methyl sites for hydroxylation is 1. The summed E-state index contributed by atoms with van der Waals surface area (Å²) in [6, 6.07) is 7.66. The lowest BCUT2D eigenvalue weighted by Crippen LogP contribution is -2.26. The Balaban J connectivity index is 1.51. The molecule has 4 nitrogen and oxygen atoms in total. The number of carbonyl (C=O) groups excluding carboxylic acids is 1. The van der Waals surface area contributed by atoms with Gasteiger partial charge in [-0.05, 0) is 31.4 Å². The number of nitrogens with one attached hydrogen (secondary N) is 1. The van der Waals surface area contributed by atoms with E-state index < -0.39 is 0 Å². The summed E-state index contributed by atoms with van der Waals surface area (Å²) in [6.07, 6.45) is 3.31. The number of amides is 1. The molecule has 1 fully saturated rings. The van der Waals surface area contributed by atoms with Gasteiger partial charge in [-0.15, -0.1) is 11.3 Å². The molecule has 0 spiro atoms. The number of anilines is 1. The Hall–Kier alpha value is -1.88. The average Bonchev–Trinajstić information content (AvgIpc) is 3.18. The van der Waals surface area contributed by atoms with Gasteiger partial charge in [-0.1, -0.05) is 18.2 Å².